The van der Waals surface area contributed by atoms with E-state index in [0.29, 0.717) is 23.9 Å². The summed E-state index contributed by atoms with van der Waals surface area (Å²) in [5, 5.41) is 3.01. The Morgan fingerprint density at radius 1 is 0.545 bits per heavy atom. The van der Waals surface area contributed by atoms with Crippen molar-refractivity contribution in [3.63, 3.8) is 0 Å². The number of phosphoric acid groups is 1. The van der Waals surface area contributed by atoms with Crippen LogP contribution in [0.5, 0.6) is 0 Å². The molecule has 9 nitrogen and oxygen atoms in total. The zero-order chi connectivity index (χ0) is 48.7. The molecule has 386 valence electrons. The second-order valence-corrected chi connectivity index (χ2v) is 21.2. The molecule has 0 spiro atoms. The van der Waals surface area contributed by atoms with Crippen LogP contribution in [0.3, 0.4) is 0 Å². The quantitative estimate of drug-likeness (QED) is 0.0161. The first-order valence-electron chi connectivity index (χ1n) is 27.5. The SMILES string of the molecule is CC/C=C/C=C/C=C\CCCCCCCC(=O)OC(/C=C/CCCCCCCCCCCC)C(COP(=O)([O-])OCC[N+](C)(C)C)NC(=O)CCCCCCCCCCCCCCCCC. The van der Waals surface area contributed by atoms with Crippen LogP contribution < -0.4 is 10.2 Å². The number of allylic oxidation sites excluding steroid dienone is 7. The maximum atomic E-state index is 13.4. The average Bonchev–Trinajstić information content (AvgIpc) is 3.27. The highest BCUT2D eigenvalue weighted by atomic mass is 31.2. The van der Waals surface area contributed by atoms with Crippen LogP contribution in [-0.2, 0) is 27.9 Å². The van der Waals surface area contributed by atoms with Gasteiger partial charge in [-0.15, -0.1) is 0 Å². The van der Waals surface area contributed by atoms with E-state index in [0.717, 1.165) is 77.0 Å². The zero-order valence-electron chi connectivity index (χ0n) is 43.9. The summed E-state index contributed by atoms with van der Waals surface area (Å²) in [7, 11) is 1.17. The molecule has 0 aliphatic carbocycles. The van der Waals surface area contributed by atoms with E-state index in [2.05, 4.69) is 62.5 Å². The van der Waals surface area contributed by atoms with Crippen LogP contribution in [0.4, 0.5) is 0 Å². The molecule has 1 amide bonds. The lowest BCUT2D eigenvalue weighted by atomic mass is 10.0. The van der Waals surface area contributed by atoms with Gasteiger partial charge < -0.3 is 28.5 Å². The molecule has 0 bridgehead atoms. The maximum absolute atomic E-state index is 13.4. The minimum absolute atomic E-state index is 0.0251. The lowest BCUT2D eigenvalue weighted by Gasteiger charge is -2.30. The molecule has 10 heteroatoms. The van der Waals surface area contributed by atoms with Crippen molar-refractivity contribution in [1.29, 1.82) is 0 Å². The van der Waals surface area contributed by atoms with Gasteiger partial charge in [0.05, 0.1) is 33.8 Å². The van der Waals surface area contributed by atoms with Gasteiger partial charge >= 0.3 is 5.97 Å². The molecule has 0 aromatic carbocycles. The van der Waals surface area contributed by atoms with E-state index in [1.54, 1.807) is 0 Å². The van der Waals surface area contributed by atoms with E-state index in [4.69, 9.17) is 13.8 Å². The van der Waals surface area contributed by atoms with Crippen molar-refractivity contribution in [1.82, 2.24) is 5.32 Å². The highest BCUT2D eigenvalue weighted by Crippen LogP contribution is 2.38. The third kappa shape index (κ3) is 47.1. The summed E-state index contributed by atoms with van der Waals surface area (Å²) in [5.74, 6) is -0.560. The number of hydrogen-bond donors (Lipinski definition) is 1. The monoisotopic (exact) mass is 949 g/mol. The fourth-order valence-corrected chi connectivity index (χ4v) is 8.54. The molecule has 0 fully saturated rings. The minimum atomic E-state index is -4.69. The van der Waals surface area contributed by atoms with Gasteiger partial charge in [-0.1, -0.05) is 230 Å². The fourth-order valence-electron chi connectivity index (χ4n) is 7.82. The molecule has 0 radical (unpaired) electrons. The molecular weight excluding hydrogens is 844 g/mol. The first-order valence-corrected chi connectivity index (χ1v) is 28.9. The molecule has 0 aliphatic heterocycles. The summed E-state index contributed by atoms with van der Waals surface area (Å²) in [6.07, 6.45) is 55.0. The standard InChI is InChI=1S/C56H105N2O7P/c1-7-10-13-16-19-22-25-28-29-31-33-36-39-42-45-48-55(59)57-53(52-64-66(61,62)63-51-50-58(4,5)6)54(47-44-41-38-35-32-27-24-21-18-15-12-9-3)65-56(60)49-46-43-40-37-34-30-26-23-20-17-14-11-8-2/h11,14,17,20,23,26,44,47,53-54H,7-10,12-13,15-16,18-19,21-22,24-25,27-43,45-46,48-52H2,1-6H3,(H-,57,59,61,62)/b14-11+,20-17+,26-23-,47-44+. The molecule has 66 heavy (non-hydrogen) atoms. The Labute approximate surface area is 408 Å². The average molecular weight is 949 g/mol. The van der Waals surface area contributed by atoms with Crippen molar-refractivity contribution in [2.45, 2.75) is 258 Å². The van der Waals surface area contributed by atoms with Crippen molar-refractivity contribution in [3.8, 4) is 0 Å². The van der Waals surface area contributed by atoms with Crippen LogP contribution in [-0.4, -0.2) is 69.4 Å². The van der Waals surface area contributed by atoms with Crippen molar-refractivity contribution < 1.29 is 37.3 Å². The Morgan fingerprint density at radius 2 is 0.970 bits per heavy atom. The number of ether oxygens (including phenoxy) is 1. The number of phosphoric ester groups is 1. The van der Waals surface area contributed by atoms with E-state index in [-0.39, 0.29) is 24.9 Å². The van der Waals surface area contributed by atoms with Gasteiger partial charge in [0.25, 0.3) is 7.82 Å². The molecule has 1 N–H and O–H groups in total. The van der Waals surface area contributed by atoms with E-state index in [1.807, 2.05) is 33.3 Å². The Kier molecular flexibility index (Phi) is 45.3. The number of quaternary nitrogens is 1. The second kappa shape index (κ2) is 46.7. The number of rotatable bonds is 49. The number of carbonyl (C=O) groups is 2. The molecular formula is C56H105N2O7P. The molecule has 0 aromatic heterocycles. The fraction of sp³-hybridized carbons (Fsp3) is 0.821. The molecule has 0 saturated heterocycles. The van der Waals surface area contributed by atoms with Gasteiger partial charge in [-0.2, -0.15) is 0 Å². The molecule has 3 atom stereocenters. The summed E-state index contributed by atoms with van der Waals surface area (Å²) in [5.41, 5.74) is 0. The highest BCUT2D eigenvalue weighted by molar-refractivity contribution is 7.45. The number of nitrogens with zero attached hydrogens (tertiary/aromatic N) is 1. The van der Waals surface area contributed by atoms with Gasteiger partial charge in [0.15, 0.2) is 0 Å². The topological polar surface area (TPSA) is 114 Å². The smallest absolute Gasteiger partial charge is 0.306 e. The molecule has 0 rings (SSSR count). The summed E-state index contributed by atoms with van der Waals surface area (Å²) in [6.45, 7) is 6.70. The number of unbranched alkanes of at least 4 members (excludes halogenated alkanes) is 29. The number of nitrogens with one attached hydrogen (secondary N) is 1. The van der Waals surface area contributed by atoms with Crippen molar-refractivity contribution in [2.24, 2.45) is 0 Å². The highest BCUT2D eigenvalue weighted by Gasteiger charge is 2.27. The van der Waals surface area contributed by atoms with Crippen LogP contribution in [0, 0.1) is 0 Å². The zero-order valence-corrected chi connectivity index (χ0v) is 44.8. The number of amides is 1. The number of hydrogen-bond acceptors (Lipinski definition) is 7. The van der Waals surface area contributed by atoms with Crippen LogP contribution in [0.2, 0.25) is 0 Å². The van der Waals surface area contributed by atoms with Crippen molar-refractivity contribution in [2.75, 3.05) is 40.9 Å². The van der Waals surface area contributed by atoms with Gasteiger partial charge in [0.1, 0.15) is 19.3 Å². The van der Waals surface area contributed by atoms with Crippen molar-refractivity contribution in [3.05, 3.63) is 48.6 Å². The van der Waals surface area contributed by atoms with Gasteiger partial charge in [0.2, 0.25) is 5.91 Å². The Morgan fingerprint density at radius 3 is 1.44 bits per heavy atom. The summed E-state index contributed by atoms with van der Waals surface area (Å²) < 4.78 is 30.2. The van der Waals surface area contributed by atoms with E-state index in [9.17, 15) is 19.0 Å². The summed E-state index contributed by atoms with van der Waals surface area (Å²) in [4.78, 5) is 39.7. The maximum Gasteiger partial charge on any atom is 0.306 e. The first-order chi connectivity index (χ1) is 31.9. The van der Waals surface area contributed by atoms with Crippen molar-refractivity contribution >= 4 is 19.7 Å². The van der Waals surface area contributed by atoms with Gasteiger partial charge in [-0.05, 0) is 51.0 Å². The third-order valence-electron chi connectivity index (χ3n) is 12.1. The van der Waals surface area contributed by atoms with Crippen LogP contribution >= 0.6 is 7.82 Å². The molecule has 0 heterocycles. The van der Waals surface area contributed by atoms with E-state index in [1.165, 1.54) is 128 Å². The summed E-state index contributed by atoms with van der Waals surface area (Å²) in [6, 6.07) is -0.892. The lowest BCUT2D eigenvalue weighted by Crippen LogP contribution is -2.47. The molecule has 3 unspecified atom stereocenters. The number of likely N-dealkylation sites (N-methyl/N-ethyl adjacent to an activating group) is 1. The molecule has 0 saturated carbocycles. The summed E-state index contributed by atoms with van der Waals surface area (Å²) >= 11 is 0. The molecule has 0 aliphatic rings. The van der Waals surface area contributed by atoms with Gasteiger partial charge in [-0.3, -0.25) is 14.2 Å². The van der Waals surface area contributed by atoms with Crippen LogP contribution in [0.15, 0.2) is 48.6 Å². The Hall–Kier alpha value is -2.03. The lowest BCUT2D eigenvalue weighted by molar-refractivity contribution is -0.870. The first kappa shape index (κ1) is 64.0. The predicted octanol–water partition coefficient (Wildman–Crippen LogP) is 15.5. The Balaban J connectivity index is 5.40. The van der Waals surface area contributed by atoms with Crippen LogP contribution in [0.25, 0.3) is 0 Å². The van der Waals surface area contributed by atoms with Gasteiger partial charge in [0, 0.05) is 12.8 Å². The number of carbonyl (C=O) groups excluding carboxylic acids is 2. The van der Waals surface area contributed by atoms with Crippen LogP contribution in [0.1, 0.15) is 245 Å². The van der Waals surface area contributed by atoms with Gasteiger partial charge in [-0.25, -0.2) is 0 Å². The van der Waals surface area contributed by atoms with E-state index >= 15 is 0 Å². The Bertz CT molecular complexity index is 1280. The van der Waals surface area contributed by atoms with E-state index < -0.39 is 26.6 Å². The third-order valence-corrected chi connectivity index (χ3v) is 13.0. The normalized spacial score (nSPS) is 14.2. The largest absolute Gasteiger partial charge is 0.756 e. The predicted molar refractivity (Wildman–Crippen MR) is 279 cm³/mol. The minimum Gasteiger partial charge on any atom is -0.756 e. The second-order valence-electron chi connectivity index (χ2n) is 19.8. The molecule has 0 aromatic rings. The number of esters is 1.